The van der Waals surface area contributed by atoms with Gasteiger partial charge in [0.1, 0.15) is 0 Å². The number of benzene rings is 1. The van der Waals surface area contributed by atoms with Crippen molar-refractivity contribution >= 4 is 5.91 Å². The van der Waals surface area contributed by atoms with Gasteiger partial charge in [0.15, 0.2) is 0 Å². The molecule has 1 amide bonds. The van der Waals surface area contributed by atoms with Crippen LogP contribution in [0.15, 0.2) is 24.4 Å². The molecule has 0 saturated carbocycles. The third kappa shape index (κ3) is 2.64. The van der Waals surface area contributed by atoms with E-state index in [0.717, 1.165) is 43.1 Å². The van der Waals surface area contributed by atoms with Crippen LogP contribution in [0, 0.1) is 20.8 Å². The first-order chi connectivity index (χ1) is 10.6. The largest absolute Gasteiger partial charge is 0.336 e. The Morgan fingerprint density at radius 1 is 1.18 bits per heavy atom. The van der Waals surface area contributed by atoms with Crippen molar-refractivity contribution in [3.8, 4) is 5.69 Å². The number of amides is 1. The van der Waals surface area contributed by atoms with Crippen LogP contribution in [0.3, 0.4) is 0 Å². The number of hydrogen-bond acceptors (Lipinski definition) is 3. The summed E-state index contributed by atoms with van der Waals surface area (Å²) in [6.07, 6.45) is 1.70. The Hall–Kier alpha value is -2.14. The van der Waals surface area contributed by atoms with E-state index in [-0.39, 0.29) is 5.91 Å². The third-order valence-corrected chi connectivity index (χ3v) is 4.24. The molecule has 1 aromatic carbocycles. The van der Waals surface area contributed by atoms with Crippen LogP contribution in [0.25, 0.3) is 5.69 Å². The summed E-state index contributed by atoms with van der Waals surface area (Å²) in [5, 5.41) is 7.72. The molecule has 1 saturated heterocycles. The van der Waals surface area contributed by atoms with E-state index in [2.05, 4.69) is 42.5 Å². The topological polar surface area (TPSA) is 50.2 Å². The summed E-state index contributed by atoms with van der Waals surface area (Å²) in [6, 6.07) is 6.28. The van der Waals surface area contributed by atoms with Crippen molar-refractivity contribution < 1.29 is 4.79 Å². The van der Waals surface area contributed by atoms with Crippen LogP contribution < -0.4 is 5.32 Å². The molecule has 5 heteroatoms. The lowest BCUT2D eigenvalue weighted by atomic mass is 10.1. The van der Waals surface area contributed by atoms with Crippen molar-refractivity contribution in [2.75, 3.05) is 26.2 Å². The second-order valence-corrected chi connectivity index (χ2v) is 5.89. The number of piperazine rings is 1. The highest BCUT2D eigenvalue weighted by Gasteiger charge is 2.22. The van der Waals surface area contributed by atoms with Crippen molar-refractivity contribution in [2.24, 2.45) is 0 Å². The number of carbonyl (C=O) groups is 1. The first kappa shape index (κ1) is 14.8. The summed E-state index contributed by atoms with van der Waals surface area (Å²) >= 11 is 0. The first-order valence-electron chi connectivity index (χ1n) is 7.70. The maximum absolute atomic E-state index is 12.7. The third-order valence-electron chi connectivity index (χ3n) is 4.24. The van der Waals surface area contributed by atoms with Crippen LogP contribution in [0.2, 0.25) is 0 Å². The standard InChI is InChI=1S/C17H22N4O/c1-12-4-5-13(2)16(10-12)21-14(3)15(11-19-21)17(22)20-8-6-18-7-9-20/h4-5,10-11,18H,6-9H2,1-3H3. The number of nitrogens with one attached hydrogen (secondary N) is 1. The van der Waals surface area contributed by atoms with E-state index in [4.69, 9.17) is 0 Å². The van der Waals surface area contributed by atoms with Gasteiger partial charge in [0.2, 0.25) is 0 Å². The quantitative estimate of drug-likeness (QED) is 0.920. The predicted molar refractivity (Wildman–Crippen MR) is 86.5 cm³/mol. The summed E-state index contributed by atoms with van der Waals surface area (Å²) in [7, 11) is 0. The molecule has 0 bridgehead atoms. The summed E-state index contributed by atoms with van der Waals surface area (Å²) in [4.78, 5) is 14.6. The van der Waals surface area contributed by atoms with E-state index in [9.17, 15) is 4.79 Å². The molecule has 1 fully saturated rings. The van der Waals surface area contributed by atoms with Gasteiger partial charge in [0.25, 0.3) is 5.91 Å². The van der Waals surface area contributed by atoms with Crippen LogP contribution in [-0.2, 0) is 0 Å². The number of rotatable bonds is 2. The number of hydrogen-bond donors (Lipinski definition) is 1. The maximum Gasteiger partial charge on any atom is 0.257 e. The number of carbonyl (C=O) groups excluding carboxylic acids is 1. The monoisotopic (exact) mass is 298 g/mol. The van der Waals surface area contributed by atoms with Crippen LogP contribution in [0.5, 0.6) is 0 Å². The zero-order chi connectivity index (χ0) is 15.7. The Kier molecular flexibility index (Phi) is 3.98. The molecule has 3 rings (SSSR count). The molecule has 2 heterocycles. The second-order valence-electron chi connectivity index (χ2n) is 5.89. The van der Waals surface area contributed by atoms with E-state index >= 15 is 0 Å². The average molecular weight is 298 g/mol. The minimum Gasteiger partial charge on any atom is -0.336 e. The van der Waals surface area contributed by atoms with Gasteiger partial charge >= 0.3 is 0 Å². The summed E-state index contributed by atoms with van der Waals surface area (Å²) in [5.74, 6) is 0.0792. The molecular weight excluding hydrogens is 276 g/mol. The minimum absolute atomic E-state index is 0.0792. The van der Waals surface area contributed by atoms with E-state index in [1.165, 1.54) is 5.56 Å². The lowest BCUT2D eigenvalue weighted by Gasteiger charge is -2.27. The normalized spacial score (nSPS) is 15.1. The molecule has 22 heavy (non-hydrogen) atoms. The highest BCUT2D eigenvalue weighted by atomic mass is 16.2. The van der Waals surface area contributed by atoms with E-state index in [1.807, 2.05) is 16.5 Å². The van der Waals surface area contributed by atoms with Gasteiger partial charge in [-0.05, 0) is 38.0 Å². The summed E-state index contributed by atoms with van der Waals surface area (Å²) in [5.41, 5.74) is 4.97. The minimum atomic E-state index is 0.0792. The number of nitrogens with zero attached hydrogens (tertiary/aromatic N) is 3. The summed E-state index contributed by atoms with van der Waals surface area (Å²) in [6.45, 7) is 9.32. The van der Waals surface area contributed by atoms with Crippen LogP contribution in [0.1, 0.15) is 27.2 Å². The Morgan fingerprint density at radius 3 is 2.64 bits per heavy atom. The fraction of sp³-hybridized carbons (Fsp3) is 0.412. The highest BCUT2D eigenvalue weighted by Crippen LogP contribution is 2.20. The van der Waals surface area contributed by atoms with Gasteiger partial charge in [-0.2, -0.15) is 5.10 Å². The lowest BCUT2D eigenvalue weighted by Crippen LogP contribution is -2.46. The molecule has 116 valence electrons. The Bertz CT molecular complexity index is 699. The van der Waals surface area contributed by atoms with Crippen LogP contribution in [0.4, 0.5) is 0 Å². The number of aryl methyl sites for hydroxylation is 2. The van der Waals surface area contributed by atoms with E-state index in [0.29, 0.717) is 5.56 Å². The van der Waals surface area contributed by atoms with Gasteiger partial charge < -0.3 is 10.2 Å². The summed E-state index contributed by atoms with van der Waals surface area (Å²) < 4.78 is 1.87. The smallest absolute Gasteiger partial charge is 0.257 e. The maximum atomic E-state index is 12.7. The molecule has 0 radical (unpaired) electrons. The van der Waals surface area contributed by atoms with Gasteiger partial charge in [-0.15, -0.1) is 0 Å². The second kappa shape index (κ2) is 5.93. The van der Waals surface area contributed by atoms with Crippen LogP contribution in [-0.4, -0.2) is 46.8 Å². The van der Waals surface area contributed by atoms with Crippen LogP contribution >= 0.6 is 0 Å². The highest BCUT2D eigenvalue weighted by molar-refractivity contribution is 5.95. The fourth-order valence-electron chi connectivity index (χ4n) is 2.85. The molecule has 5 nitrogen and oxygen atoms in total. The van der Waals surface area contributed by atoms with Crippen molar-refractivity contribution in [3.63, 3.8) is 0 Å². The fourth-order valence-corrected chi connectivity index (χ4v) is 2.85. The Morgan fingerprint density at radius 2 is 1.91 bits per heavy atom. The zero-order valence-corrected chi connectivity index (χ0v) is 13.4. The van der Waals surface area contributed by atoms with Crippen molar-refractivity contribution in [1.82, 2.24) is 20.0 Å². The van der Waals surface area contributed by atoms with E-state index in [1.54, 1.807) is 6.20 Å². The zero-order valence-electron chi connectivity index (χ0n) is 13.4. The molecule has 2 aromatic rings. The van der Waals surface area contributed by atoms with Gasteiger partial charge in [0.05, 0.1) is 23.1 Å². The molecule has 0 aliphatic carbocycles. The Labute approximate surface area is 130 Å². The first-order valence-corrected chi connectivity index (χ1v) is 7.70. The molecule has 1 aromatic heterocycles. The molecular formula is C17H22N4O. The lowest BCUT2D eigenvalue weighted by molar-refractivity contribution is 0.0735. The Balaban J connectivity index is 1.94. The van der Waals surface area contributed by atoms with Gasteiger partial charge in [-0.25, -0.2) is 4.68 Å². The predicted octanol–water partition coefficient (Wildman–Crippen LogP) is 1.84. The number of aromatic nitrogens is 2. The molecule has 0 spiro atoms. The molecule has 0 atom stereocenters. The van der Waals surface area contributed by atoms with Crippen molar-refractivity contribution in [2.45, 2.75) is 20.8 Å². The molecule has 1 aliphatic heterocycles. The molecule has 1 N–H and O–H groups in total. The van der Waals surface area contributed by atoms with Gasteiger partial charge in [-0.1, -0.05) is 12.1 Å². The molecule has 1 aliphatic rings. The van der Waals surface area contributed by atoms with Gasteiger partial charge in [-0.3, -0.25) is 4.79 Å². The van der Waals surface area contributed by atoms with E-state index < -0.39 is 0 Å². The average Bonchev–Trinajstić information content (AvgIpc) is 2.91. The SMILES string of the molecule is Cc1ccc(C)c(-n2ncc(C(=O)N3CCNCC3)c2C)c1. The van der Waals surface area contributed by atoms with Crippen molar-refractivity contribution in [3.05, 3.63) is 46.8 Å². The van der Waals surface area contributed by atoms with Gasteiger partial charge in [0, 0.05) is 26.2 Å². The van der Waals surface area contributed by atoms with Crippen molar-refractivity contribution in [1.29, 1.82) is 0 Å². The molecule has 0 unspecified atom stereocenters.